The molecular formula is C22H19N5O2. The molecule has 0 aliphatic carbocycles. The van der Waals surface area contributed by atoms with Gasteiger partial charge >= 0.3 is 0 Å². The number of azo groups is 1. The number of aromatic nitrogens is 1. The van der Waals surface area contributed by atoms with Crippen molar-refractivity contribution in [1.29, 1.82) is 0 Å². The lowest BCUT2D eigenvalue weighted by atomic mass is 10.3. The maximum Gasteiger partial charge on any atom is 0.229 e. The van der Waals surface area contributed by atoms with Crippen molar-refractivity contribution in [2.75, 3.05) is 10.9 Å². The van der Waals surface area contributed by atoms with Crippen LogP contribution in [0.15, 0.2) is 101 Å². The van der Waals surface area contributed by atoms with E-state index in [0.29, 0.717) is 11.4 Å². The van der Waals surface area contributed by atoms with Gasteiger partial charge in [-0.1, -0.05) is 54.6 Å². The fourth-order valence-corrected chi connectivity index (χ4v) is 2.83. The van der Waals surface area contributed by atoms with Crippen LogP contribution >= 0.6 is 0 Å². The molecule has 0 aliphatic heterocycles. The van der Waals surface area contributed by atoms with Crippen molar-refractivity contribution in [3.63, 3.8) is 0 Å². The highest BCUT2D eigenvalue weighted by Gasteiger charge is 2.24. The van der Waals surface area contributed by atoms with Crippen LogP contribution in [0.4, 0.5) is 22.7 Å². The van der Waals surface area contributed by atoms with Crippen molar-refractivity contribution in [2.45, 2.75) is 0 Å². The highest BCUT2D eigenvalue weighted by molar-refractivity contribution is 5.80. The molecule has 4 aromatic rings. The third-order valence-electron chi connectivity index (χ3n) is 4.24. The zero-order valence-electron chi connectivity index (χ0n) is 15.4. The van der Waals surface area contributed by atoms with Crippen LogP contribution in [0, 0.1) is 0 Å². The summed E-state index contributed by atoms with van der Waals surface area (Å²) >= 11 is 0. The normalized spacial score (nSPS) is 10.9. The third-order valence-corrected chi connectivity index (χ3v) is 4.24. The summed E-state index contributed by atoms with van der Waals surface area (Å²) in [6, 6.07) is 27.6. The molecule has 0 bridgehead atoms. The number of nitrogens with one attached hydrogen (secondary N) is 2. The Morgan fingerprint density at radius 1 is 0.621 bits per heavy atom. The van der Waals surface area contributed by atoms with Crippen LogP contribution in [0.25, 0.3) is 5.69 Å². The van der Waals surface area contributed by atoms with Crippen LogP contribution in [-0.4, -0.2) is 14.8 Å². The summed E-state index contributed by atoms with van der Waals surface area (Å²) in [6.45, 7) is 0. The number of benzene rings is 3. The topological polar surface area (TPSA) is 94.2 Å². The van der Waals surface area contributed by atoms with E-state index in [9.17, 15) is 10.2 Å². The Morgan fingerprint density at radius 2 is 1.21 bits per heavy atom. The molecule has 0 radical (unpaired) electrons. The lowest BCUT2D eigenvalue weighted by Crippen LogP contribution is -2.08. The first-order chi connectivity index (χ1) is 14.2. The highest BCUT2D eigenvalue weighted by Crippen LogP contribution is 2.47. The first-order valence-electron chi connectivity index (χ1n) is 9.00. The van der Waals surface area contributed by atoms with Crippen molar-refractivity contribution in [3.8, 4) is 17.4 Å². The summed E-state index contributed by atoms with van der Waals surface area (Å²) < 4.78 is 1.30. The Balaban J connectivity index is 1.75. The average molecular weight is 385 g/mol. The van der Waals surface area contributed by atoms with Gasteiger partial charge in [0, 0.05) is 0 Å². The van der Waals surface area contributed by atoms with E-state index in [0.717, 1.165) is 5.69 Å². The van der Waals surface area contributed by atoms with Crippen molar-refractivity contribution >= 4 is 22.7 Å². The number of para-hydroxylation sites is 2. The van der Waals surface area contributed by atoms with Crippen LogP contribution in [-0.2, 0) is 0 Å². The second-order valence-electron chi connectivity index (χ2n) is 6.19. The molecule has 0 atom stereocenters. The number of hydrogen-bond acceptors (Lipinski definition) is 6. The van der Waals surface area contributed by atoms with Gasteiger partial charge in [0.05, 0.1) is 17.1 Å². The standard InChI is InChI=1S/C22H19N5O2/c28-21-19(25-23-16-10-4-1-5-11-16)20(26-24-17-12-6-2-7-13-17)22(29)27(21)18-14-8-3-9-15-18/h1-15,23,25,28-29H. The average Bonchev–Trinajstić information content (AvgIpc) is 3.01. The molecular weight excluding hydrogens is 366 g/mol. The maximum absolute atomic E-state index is 10.8. The first kappa shape index (κ1) is 18.1. The van der Waals surface area contributed by atoms with Gasteiger partial charge in [-0.2, -0.15) is 5.11 Å². The van der Waals surface area contributed by atoms with Gasteiger partial charge in [-0.15, -0.1) is 5.11 Å². The fraction of sp³-hybridized carbons (Fsp3) is 0. The van der Waals surface area contributed by atoms with E-state index in [2.05, 4.69) is 21.1 Å². The second kappa shape index (κ2) is 8.18. The molecule has 0 unspecified atom stereocenters. The molecule has 0 aliphatic rings. The summed E-state index contributed by atoms with van der Waals surface area (Å²) in [6.07, 6.45) is 0. The summed E-state index contributed by atoms with van der Waals surface area (Å²) in [7, 11) is 0. The Labute approximate surface area is 167 Å². The minimum absolute atomic E-state index is 0.110. The number of nitrogens with zero attached hydrogens (tertiary/aromatic N) is 3. The van der Waals surface area contributed by atoms with Gasteiger partial charge in [0.15, 0.2) is 5.69 Å². The highest BCUT2D eigenvalue weighted by atomic mass is 16.3. The van der Waals surface area contributed by atoms with E-state index < -0.39 is 0 Å². The van der Waals surface area contributed by atoms with Gasteiger partial charge in [0.2, 0.25) is 11.8 Å². The monoisotopic (exact) mass is 385 g/mol. The van der Waals surface area contributed by atoms with Crippen molar-refractivity contribution < 1.29 is 10.2 Å². The Kier molecular flexibility index (Phi) is 5.11. The molecule has 3 aromatic carbocycles. The predicted octanol–water partition coefficient (Wildman–Crippen LogP) is 5.74. The summed E-state index contributed by atoms with van der Waals surface area (Å²) in [4.78, 5) is 0. The van der Waals surface area contributed by atoms with Gasteiger partial charge in [-0.05, 0) is 36.4 Å². The molecule has 7 heteroatoms. The molecule has 144 valence electrons. The Bertz CT molecular complexity index is 1110. The quantitative estimate of drug-likeness (QED) is 0.251. The minimum Gasteiger partial charge on any atom is -0.493 e. The van der Waals surface area contributed by atoms with Gasteiger partial charge < -0.3 is 15.6 Å². The number of hydrazine groups is 1. The van der Waals surface area contributed by atoms with Crippen molar-refractivity contribution in [1.82, 2.24) is 4.57 Å². The third kappa shape index (κ3) is 3.89. The number of anilines is 2. The van der Waals surface area contributed by atoms with Crippen LogP contribution in [0.5, 0.6) is 11.8 Å². The number of hydrogen-bond donors (Lipinski definition) is 4. The molecule has 0 spiro atoms. The van der Waals surface area contributed by atoms with E-state index in [1.807, 2.05) is 66.7 Å². The molecule has 29 heavy (non-hydrogen) atoms. The van der Waals surface area contributed by atoms with Gasteiger partial charge in [0.1, 0.15) is 5.69 Å². The van der Waals surface area contributed by atoms with Gasteiger partial charge in [0.25, 0.3) is 0 Å². The van der Waals surface area contributed by atoms with Crippen LogP contribution in [0.2, 0.25) is 0 Å². The molecule has 0 amide bonds. The molecule has 1 aromatic heterocycles. The van der Waals surface area contributed by atoms with Gasteiger partial charge in [-0.3, -0.25) is 5.43 Å². The number of rotatable bonds is 6. The Morgan fingerprint density at radius 3 is 1.86 bits per heavy atom. The second-order valence-corrected chi connectivity index (χ2v) is 6.19. The van der Waals surface area contributed by atoms with E-state index in [4.69, 9.17) is 0 Å². The largest absolute Gasteiger partial charge is 0.493 e. The minimum atomic E-state index is -0.231. The molecule has 4 rings (SSSR count). The van der Waals surface area contributed by atoms with E-state index in [-0.39, 0.29) is 23.1 Å². The Hall–Kier alpha value is -4.26. The number of aromatic hydroxyl groups is 2. The van der Waals surface area contributed by atoms with Crippen molar-refractivity contribution in [2.24, 2.45) is 10.2 Å². The van der Waals surface area contributed by atoms with E-state index in [1.165, 1.54) is 4.57 Å². The zero-order chi connectivity index (χ0) is 20.1. The lowest BCUT2D eigenvalue weighted by molar-refractivity contribution is 0.404. The van der Waals surface area contributed by atoms with Crippen molar-refractivity contribution in [3.05, 3.63) is 91.0 Å². The van der Waals surface area contributed by atoms with Crippen LogP contribution in [0.3, 0.4) is 0 Å². The van der Waals surface area contributed by atoms with Gasteiger partial charge in [-0.25, -0.2) is 4.57 Å². The molecule has 0 saturated carbocycles. The SMILES string of the molecule is Oc1c(N=Nc2ccccc2)c(NNc2ccccc2)c(O)n1-c1ccccc1. The lowest BCUT2D eigenvalue weighted by Gasteiger charge is -2.09. The summed E-state index contributed by atoms with van der Waals surface area (Å²) in [5, 5.41) is 30.0. The smallest absolute Gasteiger partial charge is 0.229 e. The molecule has 4 N–H and O–H groups in total. The van der Waals surface area contributed by atoms with E-state index >= 15 is 0 Å². The molecule has 0 saturated heterocycles. The maximum atomic E-state index is 10.8. The fourth-order valence-electron chi connectivity index (χ4n) is 2.83. The molecule has 1 heterocycles. The summed E-state index contributed by atoms with van der Waals surface area (Å²) in [5.41, 5.74) is 8.24. The zero-order valence-corrected chi connectivity index (χ0v) is 15.4. The molecule has 0 fully saturated rings. The van der Waals surface area contributed by atoms with Crippen LogP contribution in [0.1, 0.15) is 0 Å². The summed E-state index contributed by atoms with van der Waals surface area (Å²) in [5.74, 6) is -0.426. The molecule has 7 nitrogen and oxygen atoms in total. The van der Waals surface area contributed by atoms with E-state index in [1.54, 1.807) is 24.3 Å². The predicted molar refractivity (Wildman–Crippen MR) is 113 cm³/mol. The van der Waals surface area contributed by atoms with Crippen LogP contribution < -0.4 is 10.9 Å². The first-order valence-corrected chi connectivity index (χ1v) is 9.00.